The Labute approximate surface area is 154 Å². The van der Waals surface area contributed by atoms with Gasteiger partial charge in [-0.2, -0.15) is 0 Å². The summed E-state index contributed by atoms with van der Waals surface area (Å²) in [5, 5.41) is 20.3. The molecule has 25 heavy (non-hydrogen) atoms. The summed E-state index contributed by atoms with van der Waals surface area (Å²) >= 11 is 0. The van der Waals surface area contributed by atoms with Gasteiger partial charge >= 0.3 is 0 Å². The van der Waals surface area contributed by atoms with Gasteiger partial charge in [-0.15, -0.1) is 0 Å². The molecule has 0 spiro atoms. The third-order valence-corrected chi connectivity index (χ3v) is 9.35. The minimum Gasteiger partial charge on any atom is -0.392 e. The fourth-order valence-electron chi connectivity index (χ4n) is 8.18. The van der Waals surface area contributed by atoms with Crippen molar-refractivity contribution in [2.45, 2.75) is 77.7 Å². The molecular formula is C23H38O2. The van der Waals surface area contributed by atoms with Crippen molar-refractivity contribution in [3.63, 3.8) is 0 Å². The van der Waals surface area contributed by atoms with E-state index in [0.717, 1.165) is 53.9 Å². The molecule has 0 saturated heterocycles. The largest absolute Gasteiger partial charge is 0.392 e. The highest BCUT2D eigenvalue weighted by Crippen LogP contribution is 2.66. The van der Waals surface area contributed by atoms with E-state index in [1.165, 1.54) is 38.5 Å². The van der Waals surface area contributed by atoms with Gasteiger partial charge in [-0.3, -0.25) is 0 Å². The van der Waals surface area contributed by atoms with E-state index in [4.69, 9.17) is 0 Å². The highest BCUT2D eigenvalue weighted by molar-refractivity contribution is 5.16. The summed E-state index contributed by atoms with van der Waals surface area (Å²) < 4.78 is 0. The van der Waals surface area contributed by atoms with Gasteiger partial charge in [0, 0.05) is 0 Å². The fraction of sp³-hybridized carbons (Fsp3) is 0.913. The van der Waals surface area contributed by atoms with Crippen LogP contribution in [0.2, 0.25) is 0 Å². The van der Waals surface area contributed by atoms with Gasteiger partial charge in [0.2, 0.25) is 0 Å². The summed E-state index contributed by atoms with van der Waals surface area (Å²) in [6, 6.07) is 0. The second-order valence-electron chi connectivity index (χ2n) is 10.7. The third-order valence-electron chi connectivity index (χ3n) is 9.35. The van der Waals surface area contributed by atoms with Gasteiger partial charge in [-0.05, 0) is 111 Å². The molecule has 142 valence electrons. The summed E-state index contributed by atoms with van der Waals surface area (Å²) in [5.41, 5.74) is 1.02. The SMILES string of the molecule is C=C(CO)[C@H]1CC[C@H]2[C@@H]3C[C@@H](C)[C@@H]4C[C@](C)(O)CC[C@@H]4[C@H]3CC[C@]12C. The van der Waals surface area contributed by atoms with Gasteiger partial charge in [-0.1, -0.05) is 20.4 Å². The summed E-state index contributed by atoms with van der Waals surface area (Å²) in [6.07, 6.45) is 9.87. The summed E-state index contributed by atoms with van der Waals surface area (Å²) in [7, 11) is 0. The fourth-order valence-corrected chi connectivity index (χ4v) is 8.18. The van der Waals surface area contributed by atoms with Crippen molar-refractivity contribution in [2.24, 2.45) is 46.8 Å². The monoisotopic (exact) mass is 346 g/mol. The van der Waals surface area contributed by atoms with E-state index >= 15 is 0 Å². The van der Waals surface area contributed by atoms with Crippen molar-refractivity contribution in [1.82, 2.24) is 0 Å². The Kier molecular flexibility index (Phi) is 4.40. The molecule has 4 aliphatic carbocycles. The molecule has 0 aromatic carbocycles. The molecule has 0 bridgehead atoms. The maximum atomic E-state index is 10.6. The lowest BCUT2D eigenvalue weighted by Crippen LogP contribution is -2.52. The molecule has 0 radical (unpaired) electrons. The van der Waals surface area contributed by atoms with Crippen LogP contribution in [0.5, 0.6) is 0 Å². The number of hydrogen-bond acceptors (Lipinski definition) is 2. The second-order valence-corrected chi connectivity index (χ2v) is 10.7. The number of aliphatic hydroxyl groups excluding tert-OH is 1. The van der Waals surface area contributed by atoms with Gasteiger partial charge in [-0.25, -0.2) is 0 Å². The van der Waals surface area contributed by atoms with Gasteiger partial charge in [0.15, 0.2) is 0 Å². The van der Waals surface area contributed by atoms with Crippen LogP contribution in [0.1, 0.15) is 72.1 Å². The Bertz CT molecular complexity index is 538. The first kappa shape index (κ1) is 18.0. The quantitative estimate of drug-likeness (QED) is 0.705. The predicted octanol–water partition coefficient (Wildman–Crippen LogP) is 4.80. The molecule has 2 nitrogen and oxygen atoms in total. The summed E-state index contributed by atoms with van der Waals surface area (Å²) in [6.45, 7) is 11.4. The van der Waals surface area contributed by atoms with E-state index in [1.807, 2.05) is 0 Å². The summed E-state index contributed by atoms with van der Waals surface area (Å²) in [4.78, 5) is 0. The average molecular weight is 347 g/mol. The van der Waals surface area contributed by atoms with Crippen molar-refractivity contribution >= 4 is 0 Å². The molecule has 4 rings (SSSR count). The molecule has 0 heterocycles. The minimum absolute atomic E-state index is 0.164. The molecular weight excluding hydrogens is 308 g/mol. The maximum absolute atomic E-state index is 10.6. The molecule has 2 N–H and O–H groups in total. The standard InChI is InChI=1S/C23H38O2/c1-14-11-18-16(17-7-9-22(3,25)12-19(14)17)8-10-23(4)20(15(2)13-24)5-6-21(18)23/h14,16-21,24-25H,2,5-13H2,1,3-4H3/t14-,16-,17-,18-,19+,20-,21+,22-,23-/m1/s1. The third kappa shape index (κ3) is 2.74. The van der Waals surface area contributed by atoms with Gasteiger partial charge in [0.1, 0.15) is 0 Å². The highest BCUT2D eigenvalue weighted by atomic mass is 16.3. The van der Waals surface area contributed by atoms with E-state index in [0.29, 0.717) is 11.3 Å². The Morgan fingerprint density at radius 2 is 1.68 bits per heavy atom. The van der Waals surface area contributed by atoms with Crippen LogP contribution in [-0.2, 0) is 0 Å². The van der Waals surface area contributed by atoms with Crippen LogP contribution in [0, 0.1) is 46.8 Å². The lowest BCUT2D eigenvalue weighted by molar-refractivity contribution is -0.117. The van der Waals surface area contributed by atoms with Crippen LogP contribution in [-0.4, -0.2) is 22.4 Å². The van der Waals surface area contributed by atoms with Crippen LogP contribution in [0.15, 0.2) is 12.2 Å². The van der Waals surface area contributed by atoms with E-state index in [1.54, 1.807) is 0 Å². The van der Waals surface area contributed by atoms with E-state index < -0.39 is 5.60 Å². The Hall–Kier alpha value is -0.340. The first-order valence-electron chi connectivity index (χ1n) is 10.8. The minimum atomic E-state index is -0.428. The van der Waals surface area contributed by atoms with Crippen molar-refractivity contribution in [2.75, 3.05) is 6.61 Å². The van der Waals surface area contributed by atoms with Crippen molar-refractivity contribution in [1.29, 1.82) is 0 Å². The zero-order valence-electron chi connectivity index (χ0n) is 16.5. The average Bonchev–Trinajstić information content (AvgIpc) is 2.91. The first-order valence-corrected chi connectivity index (χ1v) is 10.8. The lowest BCUT2D eigenvalue weighted by atomic mass is 9.47. The molecule has 0 aliphatic heterocycles. The van der Waals surface area contributed by atoms with Crippen LogP contribution < -0.4 is 0 Å². The second kappa shape index (κ2) is 6.09. The Balaban J connectivity index is 1.58. The molecule has 4 saturated carbocycles. The van der Waals surface area contributed by atoms with Gasteiger partial charge < -0.3 is 10.2 Å². The van der Waals surface area contributed by atoms with Crippen LogP contribution >= 0.6 is 0 Å². The number of fused-ring (bicyclic) bond motifs is 5. The van der Waals surface area contributed by atoms with Crippen molar-refractivity contribution in [3.05, 3.63) is 12.2 Å². The summed E-state index contributed by atoms with van der Waals surface area (Å²) in [5.74, 6) is 5.44. The molecule has 0 amide bonds. The van der Waals surface area contributed by atoms with E-state index in [-0.39, 0.29) is 6.61 Å². The highest BCUT2D eigenvalue weighted by Gasteiger charge is 2.58. The molecule has 9 atom stereocenters. The van der Waals surface area contributed by atoms with Crippen LogP contribution in [0.3, 0.4) is 0 Å². The lowest BCUT2D eigenvalue weighted by Gasteiger charge is -2.59. The Morgan fingerprint density at radius 1 is 1.00 bits per heavy atom. The number of aliphatic hydroxyl groups is 2. The van der Waals surface area contributed by atoms with Crippen LogP contribution in [0.4, 0.5) is 0 Å². The van der Waals surface area contributed by atoms with E-state index in [9.17, 15) is 10.2 Å². The van der Waals surface area contributed by atoms with E-state index in [2.05, 4.69) is 27.4 Å². The predicted molar refractivity (Wildman–Crippen MR) is 102 cm³/mol. The van der Waals surface area contributed by atoms with Gasteiger partial charge in [0.25, 0.3) is 0 Å². The molecule has 2 heteroatoms. The van der Waals surface area contributed by atoms with Crippen LogP contribution in [0.25, 0.3) is 0 Å². The zero-order chi connectivity index (χ0) is 18.0. The normalized spacial score (nSPS) is 55.2. The number of hydrogen-bond donors (Lipinski definition) is 2. The topological polar surface area (TPSA) is 40.5 Å². The molecule has 0 aromatic heterocycles. The van der Waals surface area contributed by atoms with Gasteiger partial charge in [0.05, 0.1) is 12.2 Å². The smallest absolute Gasteiger partial charge is 0.0642 e. The number of rotatable bonds is 2. The molecule has 4 fully saturated rings. The Morgan fingerprint density at radius 3 is 2.40 bits per heavy atom. The van der Waals surface area contributed by atoms with Crippen molar-refractivity contribution in [3.8, 4) is 0 Å². The molecule has 0 aromatic rings. The zero-order valence-corrected chi connectivity index (χ0v) is 16.5. The molecule has 0 unspecified atom stereocenters. The molecule has 4 aliphatic rings. The first-order chi connectivity index (χ1) is 11.8. The maximum Gasteiger partial charge on any atom is 0.0642 e. The van der Waals surface area contributed by atoms with Crippen molar-refractivity contribution < 1.29 is 10.2 Å².